The standard InChI is InChI=1S/C15H16ClN5S2/c1-4-9(2)22-14(17)18-13-10(3)20-21-15(19-13)23-12-7-5-6-11(16)8-12/h5-8H,2,4H2,1,3H3,(H2,17,18,19,21). The van der Waals surface area contributed by atoms with Crippen LogP contribution < -0.4 is 5.73 Å². The molecule has 23 heavy (non-hydrogen) atoms. The second-order valence-electron chi connectivity index (χ2n) is 4.51. The minimum Gasteiger partial charge on any atom is -0.378 e. The summed E-state index contributed by atoms with van der Waals surface area (Å²) in [6.07, 6.45) is 0.831. The molecule has 1 heterocycles. The molecule has 0 atom stereocenters. The zero-order chi connectivity index (χ0) is 16.8. The summed E-state index contributed by atoms with van der Waals surface area (Å²) in [6.45, 7) is 7.70. The molecule has 0 aliphatic heterocycles. The number of hydrogen-bond donors (Lipinski definition) is 1. The summed E-state index contributed by atoms with van der Waals surface area (Å²) in [5, 5.41) is 9.70. The number of aromatic nitrogens is 3. The number of benzene rings is 1. The quantitative estimate of drug-likeness (QED) is 0.616. The van der Waals surface area contributed by atoms with Crippen molar-refractivity contribution in [3.8, 4) is 0 Å². The van der Waals surface area contributed by atoms with Gasteiger partial charge in [0.25, 0.3) is 0 Å². The normalized spacial score (nSPS) is 11.5. The Morgan fingerprint density at radius 3 is 2.87 bits per heavy atom. The number of thioether (sulfide) groups is 1. The third-order valence-electron chi connectivity index (χ3n) is 2.68. The van der Waals surface area contributed by atoms with E-state index in [2.05, 4.69) is 26.8 Å². The third kappa shape index (κ3) is 5.53. The molecule has 0 saturated carbocycles. The Morgan fingerprint density at radius 2 is 2.17 bits per heavy atom. The molecule has 0 aliphatic rings. The van der Waals surface area contributed by atoms with Crippen LogP contribution in [0.1, 0.15) is 19.0 Å². The fourth-order valence-electron chi connectivity index (χ4n) is 1.49. The van der Waals surface area contributed by atoms with Gasteiger partial charge < -0.3 is 5.73 Å². The number of aliphatic imine (C=N–C) groups is 1. The Hall–Kier alpha value is -1.57. The summed E-state index contributed by atoms with van der Waals surface area (Å²) in [6, 6.07) is 7.45. The van der Waals surface area contributed by atoms with Crippen molar-refractivity contribution in [2.75, 3.05) is 0 Å². The lowest BCUT2D eigenvalue weighted by Crippen LogP contribution is -2.07. The van der Waals surface area contributed by atoms with E-state index in [9.17, 15) is 0 Å². The van der Waals surface area contributed by atoms with Gasteiger partial charge in [-0.2, -0.15) is 4.98 Å². The molecule has 0 amide bonds. The van der Waals surface area contributed by atoms with E-state index in [0.29, 0.717) is 26.9 Å². The summed E-state index contributed by atoms with van der Waals surface area (Å²) in [7, 11) is 0. The first-order valence-electron chi connectivity index (χ1n) is 6.82. The molecule has 5 nitrogen and oxygen atoms in total. The van der Waals surface area contributed by atoms with Crippen LogP contribution in [-0.4, -0.2) is 20.3 Å². The van der Waals surface area contributed by atoms with Crippen LogP contribution in [0.25, 0.3) is 0 Å². The molecule has 0 aliphatic carbocycles. The number of rotatable bonds is 5. The number of hydrogen-bond acceptors (Lipinski definition) is 6. The predicted octanol–water partition coefficient (Wildman–Crippen LogP) is 4.59. The van der Waals surface area contributed by atoms with Gasteiger partial charge in [-0.25, -0.2) is 4.99 Å². The zero-order valence-electron chi connectivity index (χ0n) is 12.8. The van der Waals surface area contributed by atoms with Crippen LogP contribution in [0.15, 0.2) is 50.8 Å². The summed E-state index contributed by atoms with van der Waals surface area (Å²) in [4.78, 5) is 10.6. The van der Waals surface area contributed by atoms with E-state index < -0.39 is 0 Å². The first kappa shape index (κ1) is 17.8. The van der Waals surface area contributed by atoms with Crippen LogP contribution in [0.3, 0.4) is 0 Å². The van der Waals surface area contributed by atoms with Crippen LogP contribution in [0, 0.1) is 6.92 Å². The summed E-state index contributed by atoms with van der Waals surface area (Å²) < 4.78 is 0. The van der Waals surface area contributed by atoms with Gasteiger partial charge in [0.05, 0.1) is 0 Å². The average Bonchev–Trinajstić information content (AvgIpc) is 2.50. The van der Waals surface area contributed by atoms with Crippen molar-refractivity contribution < 1.29 is 0 Å². The van der Waals surface area contributed by atoms with E-state index in [1.807, 2.05) is 31.2 Å². The molecule has 2 rings (SSSR count). The molecule has 2 aromatic rings. The van der Waals surface area contributed by atoms with E-state index >= 15 is 0 Å². The van der Waals surface area contributed by atoms with Crippen molar-refractivity contribution in [1.82, 2.24) is 15.2 Å². The first-order valence-corrected chi connectivity index (χ1v) is 8.83. The largest absolute Gasteiger partial charge is 0.378 e. The molecule has 0 unspecified atom stereocenters. The fourth-order valence-corrected chi connectivity index (χ4v) is 3.07. The van der Waals surface area contributed by atoms with Gasteiger partial charge in [-0.1, -0.05) is 42.9 Å². The second-order valence-corrected chi connectivity index (χ2v) is 7.18. The summed E-state index contributed by atoms with van der Waals surface area (Å²) >= 11 is 8.68. The Labute approximate surface area is 148 Å². The lowest BCUT2D eigenvalue weighted by Gasteiger charge is -2.04. The number of aryl methyl sites for hydroxylation is 1. The number of nitrogens with two attached hydrogens (primary N) is 1. The van der Waals surface area contributed by atoms with E-state index in [1.54, 1.807) is 6.92 Å². The van der Waals surface area contributed by atoms with Crippen molar-refractivity contribution in [3.63, 3.8) is 0 Å². The molecule has 0 radical (unpaired) electrons. The Bertz CT molecular complexity index is 748. The van der Waals surface area contributed by atoms with Crippen LogP contribution in [-0.2, 0) is 0 Å². The molecular formula is C15H16ClN5S2. The highest BCUT2D eigenvalue weighted by molar-refractivity contribution is 8.17. The number of halogens is 1. The van der Waals surface area contributed by atoms with Gasteiger partial charge in [0.2, 0.25) is 5.16 Å². The lowest BCUT2D eigenvalue weighted by molar-refractivity contribution is 0.814. The van der Waals surface area contributed by atoms with Crippen LogP contribution in [0.2, 0.25) is 5.02 Å². The van der Waals surface area contributed by atoms with Crippen LogP contribution in [0.5, 0.6) is 0 Å². The first-order chi connectivity index (χ1) is 11.0. The Balaban J connectivity index is 2.21. The molecule has 0 fully saturated rings. The van der Waals surface area contributed by atoms with E-state index in [4.69, 9.17) is 17.3 Å². The maximum Gasteiger partial charge on any atom is 0.215 e. The average molecular weight is 366 g/mol. The zero-order valence-corrected chi connectivity index (χ0v) is 15.2. The summed E-state index contributed by atoms with van der Waals surface area (Å²) in [5.41, 5.74) is 6.53. The molecule has 120 valence electrons. The van der Waals surface area contributed by atoms with E-state index in [0.717, 1.165) is 16.2 Å². The van der Waals surface area contributed by atoms with Gasteiger partial charge in [-0.3, -0.25) is 0 Å². The highest BCUT2D eigenvalue weighted by atomic mass is 35.5. The molecule has 1 aromatic heterocycles. The van der Waals surface area contributed by atoms with Crippen molar-refractivity contribution in [2.45, 2.75) is 30.3 Å². The van der Waals surface area contributed by atoms with Gasteiger partial charge in [0.1, 0.15) is 5.69 Å². The number of nitrogens with zero attached hydrogens (tertiary/aromatic N) is 4. The molecule has 0 saturated heterocycles. The van der Waals surface area contributed by atoms with E-state index in [1.165, 1.54) is 23.5 Å². The molecule has 0 spiro atoms. The van der Waals surface area contributed by atoms with Crippen molar-refractivity contribution in [1.29, 1.82) is 0 Å². The molecule has 8 heteroatoms. The van der Waals surface area contributed by atoms with Gasteiger partial charge in [-0.15, -0.1) is 10.2 Å². The Kier molecular flexibility index (Phi) is 6.44. The maximum atomic E-state index is 5.98. The minimum absolute atomic E-state index is 0.388. The number of amidine groups is 1. The van der Waals surface area contributed by atoms with Crippen LogP contribution >= 0.6 is 35.1 Å². The molecule has 2 N–H and O–H groups in total. The topological polar surface area (TPSA) is 77.0 Å². The van der Waals surface area contributed by atoms with Gasteiger partial charge >= 0.3 is 0 Å². The third-order valence-corrected chi connectivity index (χ3v) is 4.63. The molecular weight excluding hydrogens is 350 g/mol. The molecule has 1 aromatic carbocycles. The second kappa shape index (κ2) is 8.33. The van der Waals surface area contributed by atoms with E-state index in [-0.39, 0.29) is 0 Å². The van der Waals surface area contributed by atoms with Gasteiger partial charge in [0.15, 0.2) is 11.0 Å². The highest BCUT2D eigenvalue weighted by Gasteiger charge is 2.08. The molecule has 0 bridgehead atoms. The Morgan fingerprint density at radius 1 is 1.39 bits per heavy atom. The predicted molar refractivity (Wildman–Crippen MR) is 98.4 cm³/mol. The highest BCUT2D eigenvalue weighted by Crippen LogP contribution is 2.28. The smallest absolute Gasteiger partial charge is 0.215 e. The maximum absolute atomic E-state index is 5.98. The van der Waals surface area contributed by atoms with Crippen molar-refractivity contribution in [3.05, 3.63) is 46.5 Å². The van der Waals surface area contributed by atoms with Gasteiger partial charge in [0, 0.05) is 9.92 Å². The van der Waals surface area contributed by atoms with Crippen LogP contribution in [0.4, 0.5) is 5.82 Å². The minimum atomic E-state index is 0.388. The van der Waals surface area contributed by atoms with Crippen molar-refractivity contribution >= 4 is 46.1 Å². The SMILES string of the molecule is C=C(CC)S/C(N)=N/c1nc(Sc2cccc(Cl)c2)nnc1C. The van der Waals surface area contributed by atoms with Crippen molar-refractivity contribution in [2.24, 2.45) is 10.7 Å². The summed E-state index contributed by atoms with van der Waals surface area (Å²) in [5.74, 6) is 0.457. The fraction of sp³-hybridized carbons (Fsp3) is 0.200. The monoisotopic (exact) mass is 365 g/mol. The number of allylic oxidation sites excluding steroid dienone is 1. The van der Waals surface area contributed by atoms with Gasteiger partial charge in [-0.05, 0) is 48.2 Å². The lowest BCUT2D eigenvalue weighted by atomic mass is 10.4.